The second-order valence-electron chi connectivity index (χ2n) is 5.24. The molecule has 1 saturated heterocycles. The van der Waals surface area contributed by atoms with Crippen molar-refractivity contribution < 1.29 is 14.7 Å². The topological polar surface area (TPSA) is 81.7 Å². The molecule has 0 bridgehead atoms. The molecule has 6 nitrogen and oxygen atoms in total. The monoisotopic (exact) mass is 283 g/mol. The first-order valence-electron chi connectivity index (χ1n) is 7.09. The van der Waals surface area contributed by atoms with Crippen LogP contribution in [0.4, 0.5) is 0 Å². The van der Waals surface area contributed by atoms with E-state index in [0.717, 1.165) is 25.9 Å². The summed E-state index contributed by atoms with van der Waals surface area (Å²) >= 11 is 0. The van der Waals surface area contributed by atoms with Gasteiger partial charge in [-0.05, 0) is 38.8 Å². The molecule has 2 unspecified atom stereocenters. The second-order valence-corrected chi connectivity index (χ2v) is 5.24. The van der Waals surface area contributed by atoms with E-state index in [1.54, 1.807) is 6.08 Å². The Kier molecular flexibility index (Phi) is 7.25. The largest absolute Gasteiger partial charge is 0.480 e. The number of carbonyl (C=O) groups is 2. The molecule has 1 aliphatic heterocycles. The number of piperidine rings is 1. The first-order chi connectivity index (χ1) is 9.54. The molecule has 1 rings (SSSR count). The molecular weight excluding hydrogens is 258 g/mol. The highest BCUT2D eigenvalue weighted by atomic mass is 16.4. The molecule has 0 saturated carbocycles. The fourth-order valence-corrected chi connectivity index (χ4v) is 2.49. The summed E-state index contributed by atoms with van der Waals surface area (Å²) in [6, 6.07) is -0.155. The summed E-state index contributed by atoms with van der Waals surface area (Å²) in [5, 5.41) is 14.4. The van der Waals surface area contributed by atoms with E-state index in [0.29, 0.717) is 19.0 Å². The molecule has 3 N–H and O–H groups in total. The van der Waals surface area contributed by atoms with Gasteiger partial charge < -0.3 is 15.7 Å². The average Bonchev–Trinajstić information content (AvgIpc) is 2.44. The Balaban J connectivity index is 2.37. The number of hydrogen-bond acceptors (Lipinski definition) is 4. The van der Waals surface area contributed by atoms with Crippen molar-refractivity contribution in [3.05, 3.63) is 12.7 Å². The number of hydrogen-bond donors (Lipinski definition) is 3. The van der Waals surface area contributed by atoms with Crippen molar-refractivity contribution in [1.29, 1.82) is 0 Å². The van der Waals surface area contributed by atoms with Crippen molar-refractivity contribution in [3.63, 3.8) is 0 Å². The lowest BCUT2D eigenvalue weighted by atomic mass is 9.96. The fourth-order valence-electron chi connectivity index (χ4n) is 2.49. The summed E-state index contributed by atoms with van der Waals surface area (Å²) in [6.45, 7) is 8.39. The number of aliphatic carboxylic acids is 1. The quantitative estimate of drug-likeness (QED) is 0.549. The maximum atomic E-state index is 11.9. The Morgan fingerprint density at radius 1 is 1.55 bits per heavy atom. The molecule has 0 aromatic carbocycles. The summed E-state index contributed by atoms with van der Waals surface area (Å²) < 4.78 is 0. The average molecular weight is 283 g/mol. The van der Waals surface area contributed by atoms with E-state index in [-0.39, 0.29) is 18.5 Å². The Labute approximate surface area is 120 Å². The first-order valence-corrected chi connectivity index (χ1v) is 7.09. The van der Waals surface area contributed by atoms with Crippen LogP contribution in [0.25, 0.3) is 0 Å². The minimum atomic E-state index is -0.838. The lowest BCUT2D eigenvalue weighted by Crippen LogP contribution is -2.50. The molecule has 114 valence electrons. The van der Waals surface area contributed by atoms with Crippen LogP contribution in [0.15, 0.2) is 12.7 Å². The first kappa shape index (κ1) is 16.7. The van der Waals surface area contributed by atoms with E-state index in [4.69, 9.17) is 5.11 Å². The zero-order valence-corrected chi connectivity index (χ0v) is 12.1. The molecule has 0 spiro atoms. The van der Waals surface area contributed by atoms with Crippen LogP contribution in [-0.2, 0) is 9.59 Å². The molecule has 0 aliphatic carbocycles. The SMILES string of the molecule is C=CCNC(=O)C(C)N1CCCC(CNCC(=O)O)C1. The van der Waals surface area contributed by atoms with E-state index < -0.39 is 5.97 Å². The Hall–Kier alpha value is -1.40. The summed E-state index contributed by atoms with van der Waals surface area (Å²) in [6.07, 6.45) is 3.78. The number of nitrogens with one attached hydrogen (secondary N) is 2. The molecular formula is C14H25N3O3. The maximum Gasteiger partial charge on any atom is 0.317 e. The number of carbonyl (C=O) groups excluding carboxylic acids is 1. The summed E-state index contributed by atoms with van der Waals surface area (Å²) in [5.41, 5.74) is 0. The number of amides is 1. The van der Waals surface area contributed by atoms with Gasteiger partial charge >= 0.3 is 5.97 Å². The highest BCUT2D eigenvalue weighted by Gasteiger charge is 2.26. The smallest absolute Gasteiger partial charge is 0.317 e. The Morgan fingerprint density at radius 2 is 2.30 bits per heavy atom. The summed E-state index contributed by atoms with van der Waals surface area (Å²) in [4.78, 5) is 24.5. The van der Waals surface area contributed by atoms with Gasteiger partial charge in [-0.15, -0.1) is 6.58 Å². The third-order valence-corrected chi connectivity index (χ3v) is 3.61. The fraction of sp³-hybridized carbons (Fsp3) is 0.714. The zero-order valence-electron chi connectivity index (χ0n) is 12.1. The molecule has 1 aliphatic rings. The third kappa shape index (κ3) is 5.71. The van der Waals surface area contributed by atoms with Crippen LogP contribution in [0.3, 0.4) is 0 Å². The third-order valence-electron chi connectivity index (χ3n) is 3.61. The number of carboxylic acids is 1. The Bertz CT molecular complexity index is 347. The van der Waals surface area contributed by atoms with E-state index in [1.807, 2.05) is 6.92 Å². The minimum Gasteiger partial charge on any atom is -0.480 e. The van der Waals surface area contributed by atoms with Crippen molar-refractivity contribution in [3.8, 4) is 0 Å². The molecule has 0 aromatic rings. The van der Waals surface area contributed by atoms with Crippen molar-refractivity contribution in [1.82, 2.24) is 15.5 Å². The second kappa shape index (κ2) is 8.71. The summed E-state index contributed by atoms with van der Waals surface area (Å²) in [5.74, 6) is -0.420. The van der Waals surface area contributed by atoms with Crippen LogP contribution in [0, 0.1) is 5.92 Å². The van der Waals surface area contributed by atoms with E-state index in [1.165, 1.54) is 0 Å². The van der Waals surface area contributed by atoms with Crippen molar-refractivity contribution >= 4 is 11.9 Å². The molecule has 0 aromatic heterocycles. The minimum absolute atomic E-state index is 0.00806. The zero-order chi connectivity index (χ0) is 15.0. The lowest BCUT2D eigenvalue weighted by Gasteiger charge is -2.36. The molecule has 2 atom stereocenters. The van der Waals surface area contributed by atoms with Crippen LogP contribution in [0.5, 0.6) is 0 Å². The number of likely N-dealkylation sites (tertiary alicyclic amines) is 1. The molecule has 1 heterocycles. The normalized spacial score (nSPS) is 21.1. The highest BCUT2D eigenvalue weighted by Crippen LogP contribution is 2.18. The van der Waals surface area contributed by atoms with Gasteiger partial charge in [-0.25, -0.2) is 0 Å². The molecule has 6 heteroatoms. The lowest BCUT2D eigenvalue weighted by molar-refractivity contribution is -0.136. The van der Waals surface area contributed by atoms with E-state index >= 15 is 0 Å². The maximum absolute atomic E-state index is 11.9. The van der Waals surface area contributed by atoms with E-state index in [9.17, 15) is 9.59 Å². The van der Waals surface area contributed by atoms with Crippen LogP contribution >= 0.6 is 0 Å². The van der Waals surface area contributed by atoms with Gasteiger partial charge in [0.2, 0.25) is 5.91 Å². The van der Waals surface area contributed by atoms with Crippen LogP contribution in [-0.4, -0.2) is 60.6 Å². The standard InChI is InChI=1S/C14H25N3O3/c1-3-6-16-14(20)11(2)17-7-4-5-12(10-17)8-15-9-13(18)19/h3,11-12,15H,1,4-10H2,2H3,(H,16,20)(H,18,19). The van der Waals surface area contributed by atoms with Gasteiger partial charge in [0.1, 0.15) is 0 Å². The summed E-state index contributed by atoms with van der Waals surface area (Å²) in [7, 11) is 0. The van der Waals surface area contributed by atoms with Crippen molar-refractivity contribution in [2.75, 3.05) is 32.7 Å². The van der Waals surface area contributed by atoms with Gasteiger partial charge in [-0.3, -0.25) is 14.5 Å². The molecule has 1 amide bonds. The van der Waals surface area contributed by atoms with Gasteiger partial charge in [0.15, 0.2) is 0 Å². The van der Waals surface area contributed by atoms with Gasteiger partial charge in [0.05, 0.1) is 12.6 Å². The van der Waals surface area contributed by atoms with Crippen LogP contribution in [0.1, 0.15) is 19.8 Å². The van der Waals surface area contributed by atoms with Gasteiger partial charge in [0, 0.05) is 13.1 Å². The van der Waals surface area contributed by atoms with Gasteiger partial charge in [-0.2, -0.15) is 0 Å². The predicted molar refractivity (Wildman–Crippen MR) is 77.5 cm³/mol. The number of nitrogens with zero attached hydrogens (tertiary/aromatic N) is 1. The molecule has 20 heavy (non-hydrogen) atoms. The number of rotatable bonds is 8. The van der Waals surface area contributed by atoms with Crippen molar-refractivity contribution in [2.45, 2.75) is 25.8 Å². The highest BCUT2D eigenvalue weighted by molar-refractivity contribution is 5.81. The van der Waals surface area contributed by atoms with Gasteiger partial charge in [0.25, 0.3) is 0 Å². The molecule has 1 fully saturated rings. The Morgan fingerprint density at radius 3 is 2.95 bits per heavy atom. The van der Waals surface area contributed by atoms with Crippen LogP contribution in [0.2, 0.25) is 0 Å². The van der Waals surface area contributed by atoms with E-state index in [2.05, 4.69) is 22.1 Å². The van der Waals surface area contributed by atoms with Crippen molar-refractivity contribution in [2.24, 2.45) is 5.92 Å². The molecule has 0 radical (unpaired) electrons. The van der Waals surface area contributed by atoms with Gasteiger partial charge in [-0.1, -0.05) is 6.08 Å². The predicted octanol–water partition coefficient (Wildman–Crippen LogP) is 0.0633. The number of carboxylic acid groups (broad SMARTS) is 1. The van der Waals surface area contributed by atoms with Crippen LogP contribution < -0.4 is 10.6 Å².